The summed E-state index contributed by atoms with van der Waals surface area (Å²) in [7, 11) is 1.80. The van der Waals surface area contributed by atoms with Crippen molar-refractivity contribution >= 4 is 34.3 Å². The van der Waals surface area contributed by atoms with Crippen molar-refractivity contribution in [1.82, 2.24) is 4.98 Å². The number of carbonyl (C=O) groups is 1. The van der Waals surface area contributed by atoms with Gasteiger partial charge in [-0.2, -0.15) is 0 Å². The number of nitrogens with zero attached hydrogens (tertiary/aromatic N) is 2. The number of pyridine rings is 1. The predicted molar refractivity (Wildman–Crippen MR) is 92.3 cm³/mol. The minimum absolute atomic E-state index is 0.0613. The highest BCUT2D eigenvalue weighted by Crippen LogP contribution is 2.21. The van der Waals surface area contributed by atoms with Gasteiger partial charge in [-0.3, -0.25) is 4.79 Å². The molecule has 0 unspecified atom stereocenters. The molecule has 4 heteroatoms. The fourth-order valence-electron chi connectivity index (χ4n) is 2.16. The minimum Gasteiger partial charge on any atom is -0.315 e. The first kappa shape index (κ1) is 14.6. The number of hydrogen-bond donors (Lipinski definition) is 0. The largest absolute Gasteiger partial charge is 0.315 e. The van der Waals surface area contributed by atoms with Crippen molar-refractivity contribution in [2.75, 3.05) is 17.7 Å². The molecule has 3 rings (SSSR count). The molecule has 22 heavy (non-hydrogen) atoms. The normalized spacial score (nSPS) is 10.6. The van der Waals surface area contributed by atoms with Gasteiger partial charge < -0.3 is 4.90 Å². The summed E-state index contributed by atoms with van der Waals surface area (Å²) in [6.45, 7) is 0. The fraction of sp³-hybridized carbons (Fsp3) is 0.111. The third-order valence-electron chi connectivity index (χ3n) is 3.43. The van der Waals surface area contributed by atoms with Crippen molar-refractivity contribution < 1.29 is 4.79 Å². The van der Waals surface area contributed by atoms with Gasteiger partial charge in [-0.1, -0.05) is 54.2 Å². The van der Waals surface area contributed by atoms with Gasteiger partial charge in [0.25, 0.3) is 0 Å². The van der Waals surface area contributed by atoms with Crippen molar-refractivity contribution in [3.8, 4) is 0 Å². The van der Waals surface area contributed by atoms with E-state index in [2.05, 4.69) is 4.98 Å². The summed E-state index contributed by atoms with van der Waals surface area (Å²) in [5.41, 5.74) is 1.86. The van der Waals surface area contributed by atoms with E-state index in [9.17, 15) is 4.79 Å². The van der Waals surface area contributed by atoms with Crippen LogP contribution in [0.2, 0.25) is 0 Å². The molecule has 2 aromatic carbocycles. The molecule has 3 aromatic rings. The molecule has 0 atom stereocenters. The average Bonchev–Trinajstić information content (AvgIpc) is 2.59. The molecule has 1 amide bonds. The van der Waals surface area contributed by atoms with E-state index in [4.69, 9.17) is 0 Å². The number of para-hydroxylation sites is 2. The Bertz CT molecular complexity index is 789. The second-order valence-corrected chi connectivity index (χ2v) is 5.91. The monoisotopic (exact) mass is 308 g/mol. The van der Waals surface area contributed by atoms with Gasteiger partial charge >= 0.3 is 0 Å². The summed E-state index contributed by atoms with van der Waals surface area (Å²) in [4.78, 5) is 18.5. The van der Waals surface area contributed by atoms with Gasteiger partial charge in [0.1, 0.15) is 0 Å². The number of benzene rings is 2. The Morgan fingerprint density at radius 3 is 2.55 bits per heavy atom. The van der Waals surface area contributed by atoms with Crippen LogP contribution in [0.1, 0.15) is 0 Å². The molecule has 110 valence electrons. The van der Waals surface area contributed by atoms with Crippen LogP contribution in [-0.2, 0) is 4.79 Å². The van der Waals surface area contributed by atoms with Crippen LogP contribution in [0.15, 0.2) is 71.8 Å². The highest BCUT2D eigenvalue weighted by atomic mass is 32.2. The molecule has 0 aliphatic carbocycles. The zero-order valence-corrected chi connectivity index (χ0v) is 13.1. The summed E-state index contributed by atoms with van der Waals surface area (Å²) in [6, 6.07) is 21.6. The second kappa shape index (κ2) is 6.62. The zero-order chi connectivity index (χ0) is 15.4. The third-order valence-corrected chi connectivity index (χ3v) is 4.35. The molecule has 0 aliphatic heterocycles. The van der Waals surface area contributed by atoms with E-state index in [1.54, 1.807) is 11.9 Å². The molecule has 0 aliphatic rings. The fourth-order valence-corrected chi connectivity index (χ4v) is 2.95. The molecule has 3 nitrogen and oxygen atoms in total. The zero-order valence-electron chi connectivity index (χ0n) is 12.3. The summed E-state index contributed by atoms with van der Waals surface area (Å²) in [5.74, 6) is 0.433. The Morgan fingerprint density at radius 2 is 1.73 bits per heavy atom. The molecular weight excluding hydrogens is 292 g/mol. The summed E-state index contributed by atoms with van der Waals surface area (Å²) >= 11 is 1.46. The smallest absolute Gasteiger partial charge is 0.237 e. The number of aromatic nitrogens is 1. The third kappa shape index (κ3) is 3.28. The lowest BCUT2D eigenvalue weighted by atomic mass is 10.2. The summed E-state index contributed by atoms with van der Waals surface area (Å²) in [5, 5.41) is 1.98. The first-order chi connectivity index (χ1) is 10.7. The minimum atomic E-state index is 0.0613. The lowest BCUT2D eigenvalue weighted by Crippen LogP contribution is -2.27. The number of carbonyl (C=O) groups excluding carboxylic acids is 1. The van der Waals surface area contributed by atoms with Gasteiger partial charge in [0, 0.05) is 18.1 Å². The number of rotatable bonds is 4. The van der Waals surface area contributed by atoms with E-state index in [1.165, 1.54) is 11.8 Å². The standard InChI is InChI=1S/C18H16N2OS/c1-20(15-8-3-2-4-9-15)18(21)13-22-17-12-11-14-7-5-6-10-16(14)19-17/h2-12H,13H2,1H3. The van der Waals surface area contributed by atoms with Crippen LogP contribution >= 0.6 is 11.8 Å². The first-order valence-corrected chi connectivity index (χ1v) is 8.03. The van der Waals surface area contributed by atoms with E-state index < -0.39 is 0 Å². The molecule has 0 spiro atoms. The molecule has 0 radical (unpaired) electrons. The molecule has 1 heterocycles. The second-order valence-electron chi connectivity index (χ2n) is 4.92. The Hall–Kier alpha value is -2.33. The molecule has 0 fully saturated rings. The number of thioether (sulfide) groups is 1. The van der Waals surface area contributed by atoms with Crippen molar-refractivity contribution in [3.63, 3.8) is 0 Å². The van der Waals surface area contributed by atoms with Crippen LogP contribution in [0, 0.1) is 0 Å². The van der Waals surface area contributed by atoms with Gasteiger partial charge in [0.15, 0.2) is 0 Å². The van der Waals surface area contributed by atoms with Gasteiger partial charge in [-0.15, -0.1) is 0 Å². The Morgan fingerprint density at radius 1 is 1.00 bits per heavy atom. The van der Waals surface area contributed by atoms with Gasteiger partial charge in [0.2, 0.25) is 5.91 Å². The number of anilines is 1. The van der Waals surface area contributed by atoms with Gasteiger partial charge in [-0.05, 0) is 24.3 Å². The lowest BCUT2D eigenvalue weighted by molar-refractivity contribution is -0.115. The Kier molecular flexibility index (Phi) is 4.39. The van der Waals surface area contributed by atoms with E-state index in [0.717, 1.165) is 21.6 Å². The van der Waals surface area contributed by atoms with E-state index in [1.807, 2.05) is 66.7 Å². The molecule has 0 N–H and O–H groups in total. The summed E-state index contributed by atoms with van der Waals surface area (Å²) in [6.07, 6.45) is 0. The molecule has 1 aromatic heterocycles. The number of amides is 1. The maximum Gasteiger partial charge on any atom is 0.237 e. The van der Waals surface area contributed by atoms with E-state index in [-0.39, 0.29) is 5.91 Å². The first-order valence-electron chi connectivity index (χ1n) is 7.04. The van der Waals surface area contributed by atoms with Crippen LogP contribution < -0.4 is 4.90 Å². The van der Waals surface area contributed by atoms with Crippen LogP contribution in [0.5, 0.6) is 0 Å². The quantitative estimate of drug-likeness (QED) is 0.683. The highest BCUT2D eigenvalue weighted by molar-refractivity contribution is 7.99. The maximum atomic E-state index is 12.3. The molecule has 0 saturated heterocycles. The summed E-state index contributed by atoms with van der Waals surface area (Å²) < 4.78 is 0. The van der Waals surface area contributed by atoms with Gasteiger partial charge in [0.05, 0.1) is 16.3 Å². The van der Waals surface area contributed by atoms with Crippen molar-refractivity contribution in [2.45, 2.75) is 5.03 Å². The van der Waals surface area contributed by atoms with Crippen LogP contribution in [0.3, 0.4) is 0 Å². The lowest BCUT2D eigenvalue weighted by Gasteiger charge is -2.16. The SMILES string of the molecule is CN(C(=O)CSc1ccc2ccccc2n1)c1ccccc1. The van der Waals surface area contributed by atoms with Crippen molar-refractivity contribution in [2.24, 2.45) is 0 Å². The molecule has 0 saturated carbocycles. The highest BCUT2D eigenvalue weighted by Gasteiger charge is 2.11. The van der Waals surface area contributed by atoms with E-state index >= 15 is 0 Å². The average molecular weight is 308 g/mol. The van der Waals surface area contributed by atoms with E-state index in [0.29, 0.717) is 5.75 Å². The Balaban J connectivity index is 1.67. The number of hydrogen-bond acceptors (Lipinski definition) is 3. The molecular formula is C18H16N2OS. The van der Waals surface area contributed by atoms with Crippen molar-refractivity contribution in [1.29, 1.82) is 0 Å². The van der Waals surface area contributed by atoms with Crippen LogP contribution in [-0.4, -0.2) is 23.7 Å². The Labute approximate surface area is 134 Å². The van der Waals surface area contributed by atoms with Crippen LogP contribution in [0.4, 0.5) is 5.69 Å². The maximum absolute atomic E-state index is 12.3. The predicted octanol–water partition coefficient (Wildman–Crippen LogP) is 3.99. The van der Waals surface area contributed by atoms with Gasteiger partial charge in [-0.25, -0.2) is 4.98 Å². The number of fused-ring (bicyclic) bond motifs is 1. The van der Waals surface area contributed by atoms with Crippen molar-refractivity contribution in [3.05, 3.63) is 66.7 Å². The topological polar surface area (TPSA) is 33.2 Å². The molecule has 0 bridgehead atoms. The van der Waals surface area contributed by atoms with Crippen LogP contribution in [0.25, 0.3) is 10.9 Å².